The third kappa shape index (κ3) is 4.34. The van der Waals surface area contributed by atoms with Crippen LogP contribution in [0.15, 0.2) is 21.7 Å². The number of ether oxygens (including phenoxy) is 2. The summed E-state index contributed by atoms with van der Waals surface area (Å²) in [7, 11) is 1.58. The van der Waals surface area contributed by atoms with Crippen molar-refractivity contribution in [2.45, 2.75) is 31.2 Å². The van der Waals surface area contributed by atoms with Crippen LogP contribution < -0.4 is 0 Å². The average molecular weight is 347 g/mol. The maximum absolute atomic E-state index is 11.6. The van der Waals surface area contributed by atoms with Crippen molar-refractivity contribution in [1.29, 1.82) is 5.26 Å². The number of carbonyl (C=O) groups excluding carboxylic acids is 1. The van der Waals surface area contributed by atoms with Crippen molar-refractivity contribution in [1.82, 2.24) is 10.1 Å². The van der Waals surface area contributed by atoms with E-state index in [2.05, 4.69) is 16.2 Å². The van der Waals surface area contributed by atoms with Gasteiger partial charge in [-0.2, -0.15) is 5.26 Å². The van der Waals surface area contributed by atoms with Crippen molar-refractivity contribution < 1.29 is 18.8 Å². The second-order valence-electron chi connectivity index (χ2n) is 4.84. The maximum Gasteiger partial charge on any atom is 0.360 e. The van der Waals surface area contributed by atoms with Crippen LogP contribution in [0, 0.1) is 18.3 Å². The number of esters is 1. The zero-order chi connectivity index (χ0) is 17.5. The largest absolute Gasteiger partial charge is 0.461 e. The SMILES string of the molecule is CCOC(=O)c1cc(CSc2nc(C)cc(COC)c2C#N)on1. The maximum atomic E-state index is 11.6. The average Bonchev–Trinajstić information content (AvgIpc) is 3.02. The van der Waals surface area contributed by atoms with E-state index >= 15 is 0 Å². The molecule has 0 radical (unpaired) electrons. The van der Waals surface area contributed by atoms with E-state index in [1.807, 2.05) is 13.0 Å². The van der Waals surface area contributed by atoms with Gasteiger partial charge in [-0.3, -0.25) is 0 Å². The van der Waals surface area contributed by atoms with Crippen LogP contribution in [-0.4, -0.2) is 29.8 Å². The topological polar surface area (TPSA) is 98.2 Å². The van der Waals surface area contributed by atoms with E-state index in [1.54, 1.807) is 14.0 Å². The van der Waals surface area contributed by atoms with Crippen LogP contribution in [-0.2, 0) is 21.8 Å². The lowest BCUT2D eigenvalue weighted by Gasteiger charge is -2.08. The number of nitrogens with zero attached hydrogens (tertiary/aromatic N) is 3. The molecule has 2 aromatic rings. The van der Waals surface area contributed by atoms with Crippen LogP contribution in [0.2, 0.25) is 0 Å². The van der Waals surface area contributed by atoms with Crippen molar-refractivity contribution in [2.75, 3.05) is 13.7 Å². The van der Waals surface area contributed by atoms with Gasteiger partial charge in [0, 0.05) is 18.9 Å². The Morgan fingerprint density at radius 3 is 2.92 bits per heavy atom. The molecule has 0 aromatic carbocycles. The Bertz CT molecular complexity index is 767. The van der Waals surface area contributed by atoms with Crippen LogP contribution in [0.1, 0.15) is 40.0 Å². The Morgan fingerprint density at radius 1 is 1.46 bits per heavy atom. The second-order valence-corrected chi connectivity index (χ2v) is 5.80. The molecule has 0 atom stereocenters. The molecule has 0 saturated carbocycles. The Morgan fingerprint density at radius 2 is 2.25 bits per heavy atom. The summed E-state index contributed by atoms with van der Waals surface area (Å²) >= 11 is 1.34. The van der Waals surface area contributed by atoms with Crippen molar-refractivity contribution in [3.8, 4) is 6.07 Å². The fourth-order valence-corrected chi connectivity index (χ4v) is 2.97. The molecule has 24 heavy (non-hydrogen) atoms. The quantitative estimate of drug-likeness (QED) is 0.557. The van der Waals surface area contributed by atoms with Gasteiger partial charge in [-0.15, -0.1) is 0 Å². The molecule has 0 saturated heterocycles. The first-order valence-corrected chi connectivity index (χ1v) is 8.22. The molecule has 0 amide bonds. The molecule has 126 valence electrons. The van der Waals surface area contributed by atoms with Gasteiger partial charge in [-0.25, -0.2) is 9.78 Å². The molecule has 0 N–H and O–H groups in total. The minimum absolute atomic E-state index is 0.130. The number of methoxy groups -OCH3 is 1. The Labute approximate surface area is 143 Å². The predicted octanol–water partition coefficient (Wildman–Crippen LogP) is 2.87. The normalized spacial score (nSPS) is 10.4. The third-order valence-electron chi connectivity index (χ3n) is 3.00. The summed E-state index contributed by atoms with van der Waals surface area (Å²) in [6.45, 7) is 4.20. The van der Waals surface area contributed by atoms with Gasteiger partial charge in [0.25, 0.3) is 0 Å². The van der Waals surface area contributed by atoms with Gasteiger partial charge in [-0.1, -0.05) is 16.9 Å². The van der Waals surface area contributed by atoms with Crippen LogP contribution in [0.25, 0.3) is 0 Å². The highest BCUT2D eigenvalue weighted by atomic mass is 32.2. The minimum Gasteiger partial charge on any atom is -0.461 e. The molecule has 0 unspecified atom stereocenters. The zero-order valence-electron chi connectivity index (χ0n) is 13.7. The van der Waals surface area contributed by atoms with Gasteiger partial charge < -0.3 is 14.0 Å². The number of thioether (sulfide) groups is 1. The van der Waals surface area contributed by atoms with Crippen LogP contribution in [0.3, 0.4) is 0 Å². The first kappa shape index (κ1) is 18.0. The van der Waals surface area contributed by atoms with Crippen LogP contribution in [0.4, 0.5) is 0 Å². The molecule has 0 bridgehead atoms. The zero-order valence-corrected chi connectivity index (χ0v) is 14.5. The van der Waals surface area contributed by atoms with Crippen LogP contribution in [0.5, 0.6) is 0 Å². The summed E-state index contributed by atoms with van der Waals surface area (Å²) in [6.07, 6.45) is 0. The molecule has 0 aliphatic carbocycles. The van der Waals surface area contributed by atoms with Gasteiger partial charge >= 0.3 is 5.97 Å². The first-order chi connectivity index (χ1) is 11.6. The van der Waals surface area contributed by atoms with E-state index in [0.717, 1.165) is 11.3 Å². The van der Waals surface area contributed by atoms with Crippen molar-refractivity contribution >= 4 is 17.7 Å². The molecule has 0 fully saturated rings. The van der Waals surface area contributed by atoms with Crippen LogP contribution >= 0.6 is 11.8 Å². The van der Waals surface area contributed by atoms with Gasteiger partial charge in [0.2, 0.25) is 0 Å². The number of aromatic nitrogens is 2. The molecule has 0 aliphatic rings. The van der Waals surface area contributed by atoms with Gasteiger partial charge in [0.15, 0.2) is 5.69 Å². The van der Waals surface area contributed by atoms with Gasteiger partial charge in [-0.05, 0) is 25.5 Å². The van der Waals surface area contributed by atoms with E-state index in [4.69, 9.17) is 14.0 Å². The highest BCUT2D eigenvalue weighted by Gasteiger charge is 2.16. The van der Waals surface area contributed by atoms with Gasteiger partial charge in [0.1, 0.15) is 16.9 Å². The number of hydrogen-bond donors (Lipinski definition) is 0. The van der Waals surface area contributed by atoms with Crippen molar-refractivity contribution in [2.24, 2.45) is 0 Å². The molecule has 2 aromatic heterocycles. The molecule has 7 nitrogen and oxygen atoms in total. The first-order valence-electron chi connectivity index (χ1n) is 7.24. The van der Waals surface area contributed by atoms with E-state index in [0.29, 0.717) is 28.7 Å². The fourth-order valence-electron chi connectivity index (χ4n) is 2.03. The number of aryl methyl sites for hydroxylation is 1. The molecular weight excluding hydrogens is 330 g/mol. The molecule has 0 spiro atoms. The summed E-state index contributed by atoms with van der Waals surface area (Å²) < 4.78 is 15.1. The number of hydrogen-bond acceptors (Lipinski definition) is 8. The van der Waals surface area contributed by atoms with E-state index in [9.17, 15) is 10.1 Å². The smallest absolute Gasteiger partial charge is 0.360 e. The summed E-state index contributed by atoms with van der Waals surface area (Å²) in [6, 6.07) is 5.53. The molecule has 2 heterocycles. The van der Waals surface area contributed by atoms with E-state index in [1.165, 1.54) is 17.8 Å². The number of rotatable bonds is 7. The summed E-state index contributed by atoms with van der Waals surface area (Å²) in [4.78, 5) is 16.0. The monoisotopic (exact) mass is 347 g/mol. The van der Waals surface area contributed by atoms with Gasteiger partial charge in [0.05, 0.1) is 24.5 Å². The fraction of sp³-hybridized carbons (Fsp3) is 0.375. The lowest BCUT2D eigenvalue weighted by Crippen LogP contribution is -2.04. The molecular formula is C16H17N3O4S. The van der Waals surface area contributed by atoms with Crippen molar-refractivity contribution in [3.05, 3.63) is 40.4 Å². The molecule has 8 heteroatoms. The number of carbonyl (C=O) groups is 1. The number of pyridine rings is 1. The Balaban J connectivity index is 2.15. The lowest BCUT2D eigenvalue weighted by molar-refractivity contribution is 0.0514. The van der Waals surface area contributed by atoms with Crippen molar-refractivity contribution in [3.63, 3.8) is 0 Å². The lowest BCUT2D eigenvalue weighted by atomic mass is 10.1. The number of nitriles is 1. The summed E-state index contributed by atoms with van der Waals surface area (Å²) in [5, 5.41) is 13.7. The van der Waals surface area contributed by atoms with E-state index in [-0.39, 0.29) is 12.3 Å². The Hall–Kier alpha value is -2.37. The molecule has 2 rings (SSSR count). The third-order valence-corrected chi connectivity index (χ3v) is 4.00. The standard InChI is InChI=1S/C16H17N3O4S/c1-4-22-16(20)14-6-12(23-19-14)9-24-15-13(7-17)11(8-21-3)5-10(2)18-15/h5-6H,4,8-9H2,1-3H3. The molecule has 0 aliphatic heterocycles. The summed E-state index contributed by atoms with van der Waals surface area (Å²) in [5.41, 5.74) is 2.20. The Kier molecular flexibility index (Phi) is 6.35. The highest BCUT2D eigenvalue weighted by molar-refractivity contribution is 7.98. The highest BCUT2D eigenvalue weighted by Crippen LogP contribution is 2.27. The minimum atomic E-state index is -0.522. The summed E-state index contributed by atoms with van der Waals surface area (Å²) in [5.74, 6) is 0.374. The second kappa shape index (κ2) is 8.47. The predicted molar refractivity (Wildman–Crippen MR) is 86.4 cm³/mol. The van der Waals surface area contributed by atoms with E-state index < -0.39 is 5.97 Å².